The highest BCUT2D eigenvalue weighted by atomic mass is 16.5. The number of anilines is 1. The minimum Gasteiger partial charge on any atom is -0.375 e. The minimum absolute atomic E-state index is 0.283. The van der Waals surface area contributed by atoms with Crippen molar-refractivity contribution in [2.75, 3.05) is 24.6 Å². The van der Waals surface area contributed by atoms with E-state index in [2.05, 4.69) is 22.9 Å². The van der Waals surface area contributed by atoms with Crippen LogP contribution in [0.2, 0.25) is 0 Å². The van der Waals surface area contributed by atoms with E-state index in [1.54, 1.807) is 6.20 Å². The Kier molecular flexibility index (Phi) is 3.53. The van der Waals surface area contributed by atoms with E-state index >= 15 is 0 Å². The number of hydrogen-bond acceptors (Lipinski definition) is 4. The molecule has 1 aromatic heterocycles. The van der Waals surface area contributed by atoms with Gasteiger partial charge in [-0.05, 0) is 30.7 Å². The van der Waals surface area contributed by atoms with Crippen LogP contribution in [0.15, 0.2) is 30.5 Å². The Labute approximate surface area is 118 Å². The summed E-state index contributed by atoms with van der Waals surface area (Å²) < 4.78 is 5.73. The fraction of sp³-hybridized carbons (Fsp3) is 0.375. The number of rotatable bonds is 2. The maximum atomic E-state index is 9.19. The molecule has 1 aromatic carbocycles. The Balaban J connectivity index is 2.06. The fourth-order valence-corrected chi connectivity index (χ4v) is 2.71. The van der Waals surface area contributed by atoms with Crippen molar-refractivity contribution in [2.24, 2.45) is 0 Å². The van der Waals surface area contributed by atoms with E-state index in [-0.39, 0.29) is 6.10 Å². The maximum absolute atomic E-state index is 9.19. The number of benzene rings is 1. The highest BCUT2D eigenvalue weighted by Gasteiger charge is 2.21. The van der Waals surface area contributed by atoms with Crippen LogP contribution in [-0.4, -0.2) is 30.8 Å². The molecule has 0 radical (unpaired) electrons. The molecule has 2 aromatic rings. The van der Waals surface area contributed by atoms with E-state index in [0.717, 1.165) is 42.7 Å². The van der Waals surface area contributed by atoms with E-state index in [1.165, 1.54) is 0 Å². The molecule has 1 saturated heterocycles. The summed E-state index contributed by atoms with van der Waals surface area (Å²) >= 11 is 0. The molecule has 1 aliphatic heterocycles. The summed E-state index contributed by atoms with van der Waals surface area (Å²) in [4.78, 5) is 6.70. The number of hydrogen-bond donors (Lipinski definition) is 0. The molecule has 2 heterocycles. The molecule has 0 saturated carbocycles. The van der Waals surface area contributed by atoms with Crippen molar-refractivity contribution in [1.29, 1.82) is 5.26 Å². The average Bonchev–Trinajstić information content (AvgIpc) is 2.54. The number of nitrogens with zero attached hydrogens (tertiary/aromatic N) is 3. The first-order valence-corrected chi connectivity index (χ1v) is 6.98. The molecule has 0 aliphatic carbocycles. The summed E-state index contributed by atoms with van der Waals surface area (Å²) in [5.41, 5.74) is 2.56. The molecule has 0 N–H and O–H groups in total. The lowest BCUT2D eigenvalue weighted by atomic mass is 10.1. The lowest BCUT2D eigenvalue weighted by molar-refractivity contribution is 0.0385. The van der Waals surface area contributed by atoms with Crippen LogP contribution < -0.4 is 4.90 Å². The van der Waals surface area contributed by atoms with Gasteiger partial charge in [0, 0.05) is 30.4 Å². The summed E-state index contributed by atoms with van der Waals surface area (Å²) in [5.74, 6) is 0. The molecule has 0 spiro atoms. The van der Waals surface area contributed by atoms with Gasteiger partial charge in [0.2, 0.25) is 0 Å². The number of morpholine rings is 1. The van der Waals surface area contributed by atoms with Gasteiger partial charge in [-0.2, -0.15) is 5.26 Å². The zero-order chi connectivity index (χ0) is 13.9. The topological polar surface area (TPSA) is 49.2 Å². The Morgan fingerprint density at radius 2 is 2.35 bits per heavy atom. The molecule has 1 fully saturated rings. The second-order valence-corrected chi connectivity index (χ2v) is 4.99. The van der Waals surface area contributed by atoms with E-state index in [9.17, 15) is 5.26 Å². The Hall–Kier alpha value is -2.12. The van der Waals surface area contributed by atoms with Crippen LogP contribution >= 0.6 is 0 Å². The molecule has 4 heteroatoms. The second-order valence-electron chi connectivity index (χ2n) is 4.99. The van der Waals surface area contributed by atoms with Gasteiger partial charge in [-0.3, -0.25) is 4.98 Å². The highest BCUT2D eigenvalue weighted by Crippen LogP contribution is 2.29. The first-order chi connectivity index (χ1) is 9.83. The smallest absolute Gasteiger partial charge is 0.101 e. The van der Waals surface area contributed by atoms with Crippen LogP contribution in [0, 0.1) is 11.3 Å². The van der Waals surface area contributed by atoms with Gasteiger partial charge < -0.3 is 9.64 Å². The van der Waals surface area contributed by atoms with Crippen LogP contribution in [-0.2, 0) is 4.74 Å². The summed E-state index contributed by atoms with van der Waals surface area (Å²) in [7, 11) is 0. The fourth-order valence-electron chi connectivity index (χ4n) is 2.71. The van der Waals surface area contributed by atoms with Gasteiger partial charge >= 0.3 is 0 Å². The number of pyridine rings is 1. The number of fused-ring (bicyclic) bond motifs is 1. The monoisotopic (exact) mass is 267 g/mol. The molecule has 0 amide bonds. The van der Waals surface area contributed by atoms with E-state index in [1.807, 2.05) is 24.3 Å². The van der Waals surface area contributed by atoms with Crippen LogP contribution in [0.25, 0.3) is 10.9 Å². The average molecular weight is 267 g/mol. The first kappa shape index (κ1) is 12.9. The standard InChI is InChI=1S/C16H17N3O/c1-2-13-11-19(8-9-20-13)15-6-5-12(10-17)16-14(15)4-3-7-18-16/h3-7,13H,2,8-9,11H2,1H3/t13-/m1/s1. The van der Waals surface area contributed by atoms with Gasteiger partial charge in [0.15, 0.2) is 0 Å². The van der Waals surface area contributed by atoms with Gasteiger partial charge in [-0.15, -0.1) is 0 Å². The Bertz CT molecular complexity index is 662. The van der Waals surface area contributed by atoms with Gasteiger partial charge in [0.25, 0.3) is 0 Å². The number of aromatic nitrogens is 1. The van der Waals surface area contributed by atoms with Crippen molar-refractivity contribution in [1.82, 2.24) is 4.98 Å². The van der Waals surface area contributed by atoms with Gasteiger partial charge in [0.05, 0.1) is 23.8 Å². The van der Waals surface area contributed by atoms with E-state index in [0.29, 0.717) is 5.56 Å². The molecular weight excluding hydrogens is 250 g/mol. The summed E-state index contributed by atoms with van der Waals surface area (Å²) in [6.07, 6.45) is 3.04. The van der Waals surface area contributed by atoms with Gasteiger partial charge in [0.1, 0.15) is 6.07 Å². The zero-order valence-electron chi connectivity index (χ0n) is 11.5. The van der Waals surface area contributed by atoms with Gasteiger partial charge in [-0.1, -0.05) is 6.92 Å². The van der Waals surface area contributed by atoms with Crippen molar-refractivity contribution in [3.63, 3.8) is 0 Å². The van der Waals surface area contributed by atoms with Crippen LogP contribution in [0.1, 0.15) is 18.9 Å². The molecule has 0 unspecified atom stereocenters. The van der Waals surface area contributed by atoms with E-state index < -0.39 is 0 Å². The number of ether oxygens (including phenoxy) is 1. The third kappa shape index (κ3) is 2.21. The van der Waals surface area contributed by atoms with Gasteiger partial charge in [-0.25, -0.2) is 0 Å². The zero-order valence-corrected chi connectivity index (χ0v) is 11.5. The van der Waals surface area contributed by atoms with Crippen molar-refractivity contribution in [3.8, 4) is 6.07 Å². The summed E-state index contributed by atoms with van der Waals surface area (Å²) in [6, 6.07) is 10.1. The van der Waals surface area contributed by atoms with E-state index in [4.69, 9.17) is 4.74 Å². The molecule has 4 nitrogen and oxygen atoms in total. The predicted octanol–water partition coefficient (Wildman–Crippen LogP) is 2.72. The van der Waals surface area contributed by atoms with Crippen molar-refractivity contribution in [3.05, 3.63) is 36.0 Å². The van der Waals surface area contributed by atoms with Crippen molar-refractivity contribution < 1.29 is 4.74 Å². The third-order valence-electron chi connectivity index (χ3n) is 3.80. The number of nitriles is 1. The molecule has 1 atom stereocenters. The van der Waals surface area contributed by atoms with Crippen LogP contribution in [0.5, 0.6) is 0 Å². The lowest BCUT2D eigenvalue weighted by Gasteiger charge is -2.34. The summed E-state index contributed by atoms with van der Waals surface area (Å²) in [6.45, 7) is 4.67. The first-order valence-electron chi connectivity index (χ1n) is 6.98. The Morgan fingerprint density at radius 3 is 3.15 bits per heavy atom. The second kappa shape index (κ2) is 5.48. The normalized spacial score (nSPS) is 19.0. The largest absolute Gasteiger partial charge is 0.375 e. The Morgan fingerprint density at radius 1 is 1.45 bits per heavy atom. The lowest BCUT2D eigenvalue weighted by Crippen LogP contribution is -2.42. The highest BCUT2D eigenvalue weighted by molar-refractivity contribution is 5.95. The molecule has 3 rings (SSSR count). The molecule has 102 valence electrons. The summed E-state index contributed by atoms with van der Waals surface area (Å²) in [5, 5.41) is 10.2. The SMILES string of the molecule is CC[C@@H]1CN(c2ccc(C#N)c3ncccc23)CCO1. The van der Waals surface area contributed by atoms with Crippen molar-refractivity contribution in [2.45, 2.75) is 19.4 Å². The van der Waals surface area contributed by atoms with Crippen LogP contribution in [0.4, 0.5) is 5.69 Å². The molecular formula is C16H17N3O. The predicted molar refractivity (Wildman–Crippen MR) is 78.7 cm³/mol. The molecule has 0 bridgehead atoms. The van der Waals surface area contributed by atoms with Crippen molar-refractivity contribution >= 4 is 16.6 Å². The van der Waals surface area contributed by atoms with Crippen LogP contribution in [0.3, 0.4) is 0 Å². The molecule has 20 heavy (non-hydrogen) atoms. The molecule has 1 aliphatic rings. The minimum atomic E-state index is 0.283. The third-order valence-corrected chi connectivity index (χ3v) is 3.80. The quantitative estimate of drug-likeness (QED) is 0.839. The maximum Gasteiger partial charge on any atom is 0.101 e.